The molecule has 2 aromatic carbocycles. The minimum Gasteiger partial charge on any atom is -0.386 e. The lowest BCUT2D eigenvalue weighted by atomic mass is 10.0. The highest BCUT2D eigenvalue weighted by molar-refractivity contribution is 8.13. The van der Waals surface area contributed by atoms with E-state index in [4.69, 9.17) is 10.7 Å². The van der Waals surface area contributed by atoms with E-state index in [1.54, 1.807) is 0 Å². The SMILES string of the molecule is O=C1OC(=O)c2cc3cc(S(=O)(=O)Cl)ccc3cc21. The fourth-order valence-corrected chi connectivity index (χ4v) is 2.75. The number of hydrogen-bond acceptors (Lipinski definition) is 5. The van der Waals surface area contributed by atoms with Crippen LogP contribution in [0.1, 0.15) is 20.7 Å². The molecule has 5 nitrogen and oxygen atoms in total. The molecule has 1 aliphatic heterocycles. The highest BCUT2D eigenvalue weighted by Crippen LogP contribution is 2.28. The number of halogens is 1. The lowest BCUT2D eigenvalue weighted by Gasteiger charge is -2.02. The van der Waals surface area contributed by atoms with Crippen LogP contribution in [0.4, 0.5) is 0 Å². The van der Waals surface area contributed by atoms with E-state index in [9.17, 15) is 18.0 Å². The summed E-state index contributed by atoms with van der Waals surface area (Å²) in [4.78, 5) is 22.7. The highest BCUT2D eigenvalue weighted by Gasteiger charge is 2.30. The predicted octanol–water partition coefficient (Wildman–Crippen LogP) is 2.08. The van der Waals surface area contributed by atoms with Crippen molar-refractivity contribution in [1.82, 2.24) is 0 Å². The Morgan fingerprint density at radius 3 is 2.05 bits per heavy atom. The van der Waals surface area contributed by atoms with Crippen molar-refractivity contribution in [2.24, 2.45) is 0 Å². The molecule has 0 unspecified atom stereocenters. The third kappa shape index (κ3) is 1.89. The molecule has 0 spiro atoms. The molecule has 0 radical (unpaired) electrons. The van der Waals surface area contributed by atoms with Gasteiger partial charge in [-0.1, -0.05) is 6.07 Å². The van der Waals surface area contributed by atoms with Crippen LogP contribution in [-0.2, 0) is 13.8 Å². The van der Waals surface area contributed by atoms with Gasteiger partial charge in [-0.05, 0) is 35.0 Å². The third-order valence-electron chi connectivity index (χ3n) is 2.85. The second-order valence-electron chi connectivity index (χ2n) is 4.02. The molecule has 0 saturated carbocycles. The Balaban J connectivity index is 2.32. The summed E-state index contributed by atoms with van der Waals surface area (Å²) in [5.41, 5.74) is 0.306. The Morgan fingerprint density at radius 2 is 1.47 bits per heavy atom. The summed E-state index contributed by atoms with van der Waals surface area (Å²) in [5.74, 6) is -1.43. The first-order valence-corrected chi connectivity index (χ1v) is 7.46. The Bertz CT molecular complexity index is 854. The topological polar surface area (TPSA) is 77.5 Å². The van der Waals surface area contributed by atoms with E-state index in [0.29, 0.717) is 10.8 Å². The van der Waals surface area contributed by atoms with Crippen molar-refractivity contribution in [3.05, 3.63) is 41.5 Å². The number of fused-ring (bicyclic) bond motifs is 2. The average molecular weight is 297 g/mol. The number of ether oxygens (including phenoxy) is 1. The van der Waals surface area contributed by atoms with E-state index < -0.39 is 21.0 Å². The zero-order chi connectivity index (χ0) is 13.8. The number of carbonyl (C=O) groups excluding carboxylic acids is 2. The molecule has 0 fully saturated rings. The monoisotopic (exact) mass is 296 g/mol. The van der Waals surface area contributed by atoms with Crippen molar-refractivity contribution < 1.29 is 22.7 Å². The lowest BCUT2D eigenvalue weighted by Crippen LogP contribution is -1.96. The highest BCUT2D eigenvalue weighted by atomic mass is 35.7. The quantitative estimate of drug-likeness (QED) is 0.457. The van der Waals surface area contributed by atoms with Gasteiger partial charge in [-0.3, -0.25) is 0 Å². The standard InChI is InChI=1S/C12H5ClO5S/c13-19(16,17)8-2-1-6-4-9-10(5-7(6)3-8)12(15)18-11(9)14/h1-5H. The predicted molar refractivity (Wildman–Crippen MR) is 66.7 cm³/mol. The fourth-order valence-electron chi connectivity index (χ4n) is 1.96. The zero-order valence-corrected chi connectivity index (χ0v) is 10.8. The van der Waals surface area contributed by atoms with Crippen LogP contribution in [0.15, 0.2) is 35.2 Å². The Kier molecular flexibility index (Phi) is 2.42. The summed E-state index contributed by atoms with van der Waals surface area (Å²) in [6.45, 7) is 0. The molecule has 3 rings (SSSR count). The van der Waals surface area contributed by atoms with Crippen LogP contribution in [0.3, 0.4) is 0 Å². The summed E-state index contributed by atoms with van der Waals surface area (Å²) in [6, 6.07) is 7.10. The molecule has 0 saturated heterocycles. The summed E-state index contributed by atoms with van der Waals surface area (Å²) in [5, 5.41) is 1.11. The van der Waals surface area contributed by atoms with Gasteiger partial charge in [0.1, 0.15) is 0 Å². The van der Waals surface area contributed by atoms with Gasteiger partial charge in [0, 0.05) is 10.7 Å². The van der Waals surface area contributed by atoms with Crippen molar-refractivity contribution in [2.45, 2.75) is 4.90 Å². The van der Waals surface area contributed by atoms with E-state index >= 15 is 0 Å². The smallest absolute Gasteiger partial charge is 0.346 e. The molecule has 1 heterocycles. The molecule has 96 valence electrons. The van der Waals surface area contributed by atoms with Crippen molar-refractivity contribution >= 4 is 42.4 Å². The Morgan fingerprint density at radius 1 is 0.895 bits per heavy atom. The van der Waals surface area contributed by atoms with Crippen LogP contribution in [-0.4, -0.2) is 20.4 Å². The second-order valence-corrected chi connectivity index (χ2v) is 6.59. The van der Waals surface area contributed by atoms with E-state index in [2.05, 4.69) is 4.74 Å². The molecule has 19 heavy (non-hydrogen) atoms. The lowest BCUT2D eigenvalue weighted by molar-refractivity contribution is 0.0444. The summed E-state index contributed by atoms with van der Waals surface area (Å²) in [7, 11) is 1.41. The van der Waals surface area contributed by atoms with Crippen LogP contribution < -0.4 is 0 Å². The molecule has 7 heteroatoms. The number of benzene rings is 2. The molecule has 0 bridgehead atoms. The average Bonchev–Trinajstić information content (AvgIpc) is 2.60. The maximum atomic E-state index is 11.4. The van der Waals surface area contributed by atoms with Crippen molar-refractivity contribution in [3.8, 4) is 0 Å². The summed E-state index contributed by atoms with van der Waals surface area (Å²) < 4.78 is 27.0. The maximum absolute atomic E-state index is 11.4. The zero-order valence-electron chi connectivity index (χ0n) is 9.21. The van der Waals surface area contributed by atoms with E-state index in [1.807, 2.05) is 0 Å². The van der Waals surface area contributed by atoms with Crippen LogP contribution >= 0.6 is 10.7 Å². The maximum Gasteiger partial charge on any atom is 0.346 e. The minimum atomic E-state index is -3.84. The number of carbonyl (C=O) groups is 2. The largest absolute Gasteiger partial charge is 0.386 e. The van der Waals surface area contributed by atoms with Gasteiger partial charge in [-0.25, -0.2) is 18.0 Å². The van der Waals surface area contributed by atoms with Gasteiger partial charge in [0.2, 0.25) is 0 Å². The number of esters is 2. The minimum absolute atomic E-state index is 0.0701. The van der Waals surface area contributed by atoms with Crippen LogP contribution in [0.25, 0.3) is 10.8 Å². The number of cyclic esters (lactones) is 2. The molecule has 0 aliphatic carbocycles. The van der Waals surface area contributed by atoms with Gasteiger partial charge in [-0.15, -0.1) is 0 Å². The van der Waals surface area contributed by atoms with Gasteiger partial charge in [-0.2, -0.15) is 0 Å². The first-order chi connectivity index (χ1) is 8.86. The van der Waals surface area contributed by atoms with Gasteiger partial charge in [0.25, 0.3) is 9.05 Å². The second kappa shape index (κ2) is 3.79. The first kappa shape index (κ1) is 12.1. The van der Waals surface area contributed by atoms with Gasteiger partial charge in [0.15, 0.2) is 0 Å². The van der Waals surface area contributed by atoms with Crippen LogP contribution in [0, 0.1) is 0 Å². The molecular formula is C12H5ClO5S. The summed E-state index contributed by atoms with van der Waals surface area (Å²) in [6.07, 6.45) is 0. The number of rotatable bonds is 1. The normalized spacial score (nSPS) is 14.6. The van der Waals surface area contributed by atoms with Crippen LogP contribution in [0.2, 0.25) is 0 Å². The van der Waals surface area contributed by atoms with Crippen LogP contribution in [0.5, 0.6) is 0 Å². The molecular weight excluding hydrogens is 292 g/mol. The van der Waals surface area contributed by atoms with Gasteiger partial charge < -0.3 is 4.74 Å². The molecule has 1 aliphatic rings. The Labute approximate surface area is 112 Å². The molecule has 2 aromatic rings. The molecule has 0 aromatic heterocycles. The first-order valence-electron chi connectivity index (χ1n) is 5.15. The van der Waals surface area contributed by atoms with Crippen molar-refractivity contribution in [1.29, 1.82) is 0 Å². The van der Waals surface area contributed by atoms with Gasteiger partial charge in [0.05, 0.1) is 16.0 Å². The Hall–Kier alpha value is -1.92. The number of hydrogen-bond donors (Lipinski definition) is 0. The molecule has 0 atom stereocenters. The van der Waals surface area contributed by atoms with Crippen molar-refractivity contribution in [3.63, 3.8) is 0 Å². The summed E-state index contributed by atoms with van der Waals surface area (Å²) >= 11 is 0. The van der Waals surface area contributed by atoms with E-state index in [-0.39, 0.29) is 16.0 Å². The van der Waals surface area contributed by atoms with E-state index in [1.165, 1.54) is 30.3 Å². The van der Waals surface area contributed by atoms with E-state index in [0.717, 1.165) is 0 Å². The van der Waals surface area contributed by atoms with Crippen molar-refractivity contribution in [2.75, 3.05) is 0 Å². The fraction of sp³-hybridized carbons (Fsp3) is 0. The molecule has 0 amide bonds. The van der Waals surface area contributed by atoms with Gasteiger partial charge >= 0.3 is 11.9 Å². The third-order valence-corrected chi connectivity index (χ3v) is 4.21. The molecule has 0 N–H and O–H groups in total.